The van der Waals surface area contributed by atoms with Crippen molar-refractivity contribution in [3.8, 4) is 22.9 Å². The van der Waals surface area contributed by atoms with Crippen LogP contribution in [0, 0.1) is 0 Å². The third-order valence-electron chi connectivity index (χ3n) is 3.75. The Hall–Kier alpha value is -2.57. The number of methoxy groups -OCH3 is 1. The Morgan fingerprint density at radius 2 is 1.92 bits per heavy atom. The molecule has 3 N–H and O–H groups in total. The number of H-pyrrole nitrogens is 1. The molecule has 130 valence electrons. The molecule has 0 radical (unpaired) electrons. The lowest BCUT2D eigenvalue weighted by molar-refractivity contribution is 0.311. The number of hydrogen-bond donors (Lipinski definition) is 2. The van der Waals surface area contributed by atoms with Gasteiger partial charge in [-0.25, -0.2) is 4.98 Å². The van der Waals surface area contributed by atoms with E-state index < -0.39 is 6.04 Å². The number of nitrogens with zero attached hydrogens (tertiary/aromatic N) is 2. The molecule has 0 bridgehead atoms. The molecule has 0 aliphatic rings. The van der Waals surface area contributed by atoms with Gasteiger partial charge in [0.1, 0.15) is 5.82 Å². The maximum absolute atomic E-state index is 6.26. The Labute approximate surface area is 150 Å². The second-order valence-corrected chi connectivity index (χ2v) is 5.81. The Balaban J connectivity index is 1.88. The summed E-state index contributed by atoms with van der Waals surface area (Å²) in [5.74, 6) is 2.43. The zero-order chi connectivity index (χ0) is 17.8. The van der Waals surface area contributed by atoms with Gasteiger partial charge in [-0.2, -0.15) is 5.10 Å². The average molecular weight is 359 g/mol. The van der Waals surface area contributed by atoms with Gasteiger partial charge in [0.15, 0.2) is 17.3 Å². The molecule has 1 aromatic heterocycles. The van der Waals surface area contributed by atoms with Gasteiger partial charge in [0.25, 0.3) is 0 Å². The molecule has 3 aromatic rings. The fourth-order valence-corrected chi connectivity index (χ4v) is 2.58. The SMILES string of the molecule is CCOc1cc(-c2n[nH]c([C@@H](N)c3ccc(Cl)cc3)n2)ccc1OC. The minimum absolute atomic E-state index is 0.414. The normalized spacial score (nSPS) is 12.0. The van der Waals surface area contributed by atoms with Gasteiger partial charge in [-0.1, -0.05) is 23.7 Å². The van der Waals surface area contributed by atoms with E-state index in [1.165, 1.54) is 0 Å². The smallest absolute Gasteiger partial charge is 0.181 e. The highest BCUT2D eigenvalue weighted by molar-refractivity contribution is 6.30. The molecular weight excluding hydrogens is 340 g/mol. The van der Waals surface area contributed by atoms with Crippen LogP contribution < -0.4 is 15.2 Å². The molecule has 0 aliphatic carbocycles. The Morgan fingerprint density at radius 3 is 2.60 bits per heavy atom. The van der Waals surface area contributed by atoms with Gasteiger partial charge in [-0.05, 0) is 42.8 Å². The van der Waals surface area contributed by atoms with E-state index in [0.29, 0.717) is 34.8 Å². The summed E-state index contributed by atoms with van der Waals surface area (Å²) in [5, 5.41) is 7.84. The number of halogens is 1. The molecule has 0 saturated heterocycles. The van der Waals surface area contributed by atoms with Gasteiger partial charge in [0.05, 0.1) is 19.8 Å². The van der Waals surface area contributed by atoms with Crippen LogP contribution in [0.15, 0.2) is 42.5 Å². The van der Waals surface area contributed by atoms with Crippen LogP contribution in [0.5, 0.6) is 11.5 Å². The first kappa shape index (κ1) is 17.3. The monoisotopic (exact) mass is 358 g/mol. The zero-order valence-electron chi connectivity index (χ0n) is 14.0. The molecule has 0 amide bonds. The summed E-state index contributed by atoms with van der Waals surface area (Å²) in [7, 11) is 1.60. The van der Waals surface area contributed by atoms with Crippen molar-refractivity contribution in [1.82, 2.24) is 15.2 Å². The lowest BCUT2D eigenvalue weighted by Crippen LogP contribution is -2.13. The standard InChI is InChI=1S/C18H19ClN4O2/c1-3-25-15-10-12(6-9-14(15)24-2)17-21-18(23-22-17)16(20)11-4-7-13(19)8-5-11/h4-10,16H,3,20H2,1-2H3,(H,21,22,23)/t16-/m0/s1. The van der Waals surface area contributed by atoms with Crippen molar-refractivity contribution in [1.29, 1.82) is 0 Å². The van der Waals surface area contributed by atoms with Crippen molar-refractivity contribution in [3.63, 3.8) is 0 Å². The number of rotatable bonds is 6. The molecule has 0 aliphatic heterocycles. The van der Waals surface area contributed by atoms with Crippen molar-refractivity contribution in [2.24, 2.45) is 5.73 Å². The third kappa shape index (κ3) is 3.75. The Kier molecular flexibility index (Phi) is 5.21. The maximum Gasteiger partial charge on any atom is 0.181 e. The average Bonchev–Trinajstić information content (AvgIpc) is 3.12. The predicted molar refractivity (Wildman–Crippen MR) is 97.0 cm³/mol. The predicted octanol–water partition coefficient (Wildman–Crippen LogP) is 3.58. The number of nitrogens with two attached hydrogens (primary N) is 1. The number of benzene rings is 2. The summed E-state index contributed by atoms with van der Waals surface area (Å²) in [4.78, 5) is 4.51. The van der Waals surface area contributed by atoms with Gasteiger partial charge >= 0.3 is 0 Å². The first-order valence-electron chi connectivity index (χ1n) is 7.87. The summed E-state index contributed by atoms with van der Waals surface area (Å²) >= 11 is 5.91. The summed E-state index contributed by atoms with van der Waals surface area (Å²) in [6.45, 7) is 2.46. The van der Waals surface area contributed by atoms with E-state index >= 15 is 0 Å². The molecule has 0 saturated carbocycles. The summed E-state index contributed by atoms with van der Waals surface area (Å²) in [6, 6.07) is 12.5. The van der Waals surface area contributed by atoms with Crippen molar-refractivity contribution >= 4 is 11.6 Å². The molecule has 0 unspecified atom stereocenters. The summed E-state index contributed by atoms with van der Waals surface area (Å²) in [5.41, 5.74) is 7.97. The highest BCUT2D eigenvalue weighted by Gasteiger charge is 2.16. The number of nitrogens with one attached hydrogen (secondary N) is 1. The Morgan fingerprint density at radius 1 is 1.16 bits per heavy atom. The Bertz CT molecular complexity index is 849. The molecular formula is C18H19ClN4O2. The second-order valence-electron chi connectivity index (χ2n) is 5.37. The van der Waals surface area contributed by atoms with Crippen molar-refractivity contribution in [3.05, 3.63) is 58.9 Å². The van der Waals surface area contributed by atoms with Crippen LogP contribution in [0.4, 0.5) is 0 Å². The van der Waals surface area contributed by atoms with E-state index in [1.54, 1.807) is 19.2 Å². The molecule has 1 atom stereocenters. The summed E-state index contributed by atoms with van der Waals surface area (Å²) < 4.78 is 10.9. The van der Waals surface area contributed by atoms with E-state index in [1.807, 2.05) is 37.3 Å². The van der Waals surface area contributed by atoms with Gasteiger partial charge in [-0.15, -0.1) is 0 Å². The zero-order valence-corrected chi connectivity index (χ0v) is 14.7. The summed E-state index contributed by atoms with van der Waals surface area (Å²) in [6.07, 6.45) is 0. The van der Waals surface area contributed by atoms with E-state index in [-0.39, 0.29) is 0 Å². The lowest BCUT2D eigenvalue weighted by Gasteiger charge is -2.10. The second kappa shape index (κ2) is 7.55. The van der Waals surface area contributed by atoms with E-state index in [2.05, 4.69) is 15.2 Å². The largest absolute Gasteiger partial charge is 0.493 e. The van der Waals surface area contributed by atoms with Crippen LogP contribution in [0.1, 0.15) is 24.4 Å². The topological polar surface area (TPSA) is 86.0 Å². The molecule has 2 aromatic carbocycles. The minimum atomic E-state index is -0.414. The van der Waals surface area contributed by atoms with Crippen LogP contribution in [0.3, 0.4) is 0 Å². The van der Waals surface area contributed by atoms with Gasteiger partial charge in [0, 0.05) is 10.6 Å². The first-order chi connectivity index (χ1) is 12.1. The van der Waals surface area contributed by atoms with Crippen LogP contribution in [-0.2, 0) is 0 Å². The lowest BCUT2D eigenvalue weighted by atomic mass is 10.1. The highest BCUT2D eigenvalue weighted by Crippen LogP contribution is 2.31. The quantitative estimate of drug-likeness (QED) is 0.703. The number of aromatic nitrogens is 3. The molecule has 6 nitrogen and oxygen atoms in total. The van der Waals surface area contributed by atoms with Crippen LogP contribution in [0.25, 0.3) is 11.4 Å². The maximum atomic E-state index is 6.26. The van der Waals surface area contributed by atoms with Gasteiger partial charge in [-0.3, -0.25) is 5.10 Å². The molecule has 0 fully saturated rings. The van der Waals surface area contributed by atoms with Gasteiger partial charge in [0.2, 0.25) is 0 Å². The fraction of sp³-hybridized carbons (Fsp3) is 0.222. The first-order valence-corrected chi connectivity index (χ1v) is 8.24. The number of hydrogen-bond acceptors (Lipinski definition) is 5. The van der Waals surface area contributed by atoms with Crippen LogP contribution in [-0.4, -0.2) is 28.9 Å². The van der Waals surface area contributed by atoms with E-state index in [0.717, 1.165) is 11.1 Å². The molecule has 0 spiro atoms. The van der Waals surface area contributed by atoms with E-state index in [4.69, 9.17) is 26.8 Å². The van der Waals surface area contributed by atoms with Crippen molar-refractivity contribution in [2.45, 2.75) is 13.0 Å². The van der Waals surface area contributed by atoms with Crippen LogP contribution >= 0.6 is 11.6 Å². The molecule has 7 heteroatoms. The molecule has 3 rings (SSSR count). The van der Waals surface area contributed by atoms with E-state index in [9.17, 15) is 0 Å². The number of ether oxygens (including phenoxy) is 2. The minimum Gasteiger partial charge on any atom is -0.493 e. The fourth-order valence-electron chi connectivity index (χ4n) is 2.45. The molecule has 25 heavy (non-hydrogen) atoms. The van der Waals surface area contributed by atoms with Crippen molar-refractivity contribution in [2.75, 3.05) is 13.7 Å². The van der Waals surface area contributed by atoms with Gasteiger partial charge < -0.3 is 15.2 Å². The van der Waals surface area contributed by atoms with Crippen molar-refractivity contribution < 1.29 is 9.47 Å². The third-order valence-corrected chi connectivity index (χ3v) is 4.00. The molecule has 1 heterocycles. The number of aromatic amines is 1. The highest BCUT2D eigenvalue weighted by atomic mass is 35.5. The van der Waals surface area contributed by atoms with Crippen LogP contribution in [0.2, 0.25) is 5.02 Å².